The van der Waals surface area contributed by atoms with Crippen molar-refractivity contribution in [3.63, 3.8) is 0 Å². The van der Waals surface area contributed by atoms with Crippen molar-refractivity contribution in [2.75, 3.05) is 13.7 Å². The van der Waals surface area contributed by atoms with Gasteiger partial charge in [-0.05, 0) is 18.6 Å². The van der Waals surface area contributed by atoms with Crippen LogP contribution in [0.4, 0.5) is 0 Å². The summed E-state index contributed by atoms with van der Waals surface area (Å²) in [5, 5.41) is 4.75. The van der Waals surface area contributed by atoms with Crippen LogP contribution in [0.15, 0.2) is 34.0 Å². The zero-order valence-corrected chi connectivity index (χ0v) is 14.6. The van der Waals surface area contributed by atoms with Gasteiger partial charge in [0.05, 0.1) is 13.5 Å². The number of thioether (sulfide) groups is 1. The fourth-order valence-corrected chi connectivity index (χ4v) is 3.73. The van der Waals surface area contributed by atoms with Crippen molar-refractivity contribution in [1.29, 1.82) is 0 Å². The highest BCUT2D eigenvalue weighted by Crippen LogP contribution is 2.27. The molecule has 2 rings (SSSR count). The second-order valence-corrected chi connectivity index (χ2v) is 6.86. The number of carbonyl (C=O) groups excluding carboxylic acids is 2. The first-order valence-corrected chi connectivity index (χ1v) is 8.94. The van der Waals surface area contributed by atoms with Crippen LogP contribution in [-0.2, 0) is 15.3 Å². The molecule has 0 saturated heterocycles. The molecule has 0 atom stereocenters. The van der Waals surface area contributed by atoms with Crippen molar-refractivity contribution >= 4 is 35.0 Å². The Morgan fingerprint density at radius 2 is 2.13 bits per heavy atom. The summed E-state index contributed by atoms with van der Waals surface area (Å²) in [5.74, 6) is 0.154. The number of carbonyl (C=O) groups is 2. The van der Waals surface area contributed by atoms with Crippen LogP contribution in [0.25, 0.3) is 0 Å². The lowest BCUT2D eigenvalue weighted by Crippen LogP contribution is -2.27. The second-order valence-electron chi connectivity index (χ2n) is 4.78. The van der Waals surface area contributed by atoms with E-state index in [4.69, 9.17) is 0 Å². The zero-order valence-electron chi connectivity index (χ0n) is 13.0. The molecule has 1 aromatic carbocycles. The molecule has 1 aromatic heterocycles. The number of amides is 1. The van der Waals surface area contributed by atoms with Gasteiger partial charge in [0.1, 0.15) is 4.34 Å². The summed E-state index contributed by atoms with van der Waals surface area (Å²) in [6.07, 6.45) is 0.164. The highest BCUT2D eigenvalue weighted by molar-refractivity contribution is 8.00. The molecule has 0 saturated carbocycles. The Hall–Kier alpha value is -1.86. The molecule has 0 aliphatic heterocycles. The molecule has 0 aliphatic rings. The number of hydrogen-bond acceptors (Lipinski definition) is 6. The number of thiazole rings is 1. The van der Waals surface area contributed by atoms with Gasteiger partial charge in [-0.1, -0.05) is 30.0 Å². The molecule has 1 amide bonds. The monoisotopic (exact) mass is 350 g/mol. The van der Waals surface area contributed by atoms with E-state index in [2.05, 4.69) is 15.0 Å². The highest BCUT2D eigenvalue weighted by Gasteiger charge is 2.12. The van der Waals surface area contributed by atoms with Crippen molar-refractivity contribution in [1.82, 2.24) is 10.3 Å². The first kappa shape index (κ1) is 17.5. The molecule has 0 fully saturated rings. The quantitative estimate of drug-likeness (QED) is 0.614. The predicted molar refractivity (Wildman–Crippen MR) is 91.8 cm³/mol. The minimum atomic E-state index is -0.340. The molecule has 0 radical (unpaired) electrons. The number of nitrogens with zero attached hydrogens (tertiary/aromatic N) is 1. The third kappa shape index (κ3) is 5.37. The van der Waals surface area contributed by atoms with Gasteiger partial charge in [-0.15, -0.1) is 11.3 Å². The molecule has 0 aliphatic carbocycles. The summed E-state index contributed by atoms with van der Waals surface area (Å²) in [4.78, 5) is 27.7. The van der Waals surface area contributed by atoms with Gasteiger partial charge in [-0.25, -0.2) is 4.98 Å². The maximum Gasteiger partial charge on any atom is 0.307 e. The van der Waals surface area contributed by atoms with Gasteiger partial charge in [0.25, 0.3) is 5.91 Å². The maximum atomic E-state index is 12.3. The number of methoxy groups -OCH3 is 1. The van der Waals surface area contributed by atoms with Crippen molar-refractivity contribution < 1.29 is 14.3 Å². The normalized spacial score (nSPS) is 10.3. The highest BCUT2D eigenvalue weighted by atomic mass is 32.2. The van der Waals surface area contributed by atoms with E-state index in [0.717, 1.165) is 15.6 Å². The maximum absolute atomic E-state index is 12.3. The standard InChI is InChI=1S/C16H18N2O3S2/c1-11-9-22-16(18-11)23-10-12-5-3-4-6-13(12)15(20)17-8-7-14(19)21-2/h3-6,9H,7-8,10H2,1-2H3,(H,17,20). The molecule has 2 aromatic rings. The number of esters is 1. The number of hydrogen-bond donors (Lipinski definition) is 1. The third-order valence-electron chi connectivity index (χ3n) is 3.05. The van der Waals surface area contributed by atoms with Crippen LogP contribution in [0.1, 0.15) is 28.0 Å². The van der Waals surface area contributed by atoms with E-state index in [1.807, 2.05) is 30.5 Å². The average molecular weight is 350 g/mol. The Kier molecular flexibility index (Phi) is 6.61. The van der Waals surface area contributed by atoms with Gasteiger partial charge in [0.2, 0.25) is 0 Å². The Labute approximate surface area is 143 Å². The summed E-state index contributed by atoms with van der Waals surface area (Å²) in [6.45, 7) is 2.22. The van der Waals surface area contributed by atoms with Crippen molar-refractivity contribution in [3.8, 4) is 0 Å². The molecular formula is C16H18N2O3S2. The van der Waals surface area contributed by atoms with Gasteiger partial charge in [0, 0.05) is 28.9 Å². The molecule has 0 bridgehead atoms. The van der Waals surface area contributed by atoms with E-state index in [9.17, 15) is 9.59 Å². The van der Waals surface area contributed by atoms with Gasteiger partial charge in [-0.2, -0.15) is 0 Å². The Morgan fingerprint density at radius 3 is 2.83 bits per heavy atom. The fourth-order valence-electron chi connectivity index (χ4n) is 1.88. The minimum Gasteiger partial charge on any atom is -0.469 e. The van der Waals surface area contributed by atoms with Crippen LogP contribution < -0.4 is 5.32 Å². The first-order valence-electron chi connectivity index (χ1n) is 7.08. The Morgan fingerprint density at radius 1 is 1.35 bits per heavy atom. The molecule has 0 unspecified atom stereocenters. The molecule has 0 spiro atoms. The number of aryl methyl sites for hydroxylation is 1. The molecule has 1 N–H and O–H groups in total. The summed E-state index contributed by atoms with van der Waals surface area (Å²) < 4.78 is 5.54. The van der Waals surface area contributed by atoms with Gasteiger partial charge >= 0.3 is 5.97 Å². The van der Waals surface area contributed by atoms with E-state index in [1.165, 1.54) is 7.11 Å². The molecule has 122 valence electrons. The molecule has 23 heavy (non-hydrogen) atoms. The summed E-state index contributed by atoms with van der Waals surface area (Å²) in [6, 6.07) is 7.46. The third-order valence-corrected chi connectivity index (χ3v) is 5.24. The lowest BCUT2D eigenvalue weighted by Gasteiger charge is -2.09. The lowest BCUT2D eigenvalue weighted by atomic mass is 10.1. The van der Waals surface area contributed by atoms with Crippen LogP contribution in [0.5, 0.6) is 0 Å². The van der Waals surface area contributed by atoms with Crippen LogP contribution in [-0.4, -0.2) is 30.5 Å². The van der Waals surface area contributed by atoms with E-state index >= 15 is 0 Å². The van der Waals surface area contributed by atoms with Gasteiger partial charge in [0.15, 0.2) is 0 Å². The van der Waals surface area contributed by atoms with E-state index in [1.54, 1.807) is 29.2 Å². The summed E-state index contributed by atoms with van der Waals surface area (Å²) in [7, 11) is 1.33. The topological polar surface area (TPSA) is 68.3 Å². The smallest absolute Gasteiger partial charge is 0.307 e. The SMILES string of the molecule is COC(=O)CCNC(=O)c1ccccc1CSc1nc(C)cs1. The Balaban J connectivity index is 1.96. The van der Waals surface area contributed by atoms with Crippen molar-refractivity contribution in [2.45, 2.75) is 23.4 Å². The van der Waals surface area contributed by atoms with E-state index in [0.29, 0.717) is 11.3 Å². The number of nitrogens with one attached hydrogen (secondary N) is 1. The molecule has 5 nitrogen and oxygen atoms in total. The average Bonchev–Trinajstić information content (AvgIpc) is 2.98. The second kappa shape index (κ2) is 8.69. The number of benzene rings is 1. The van der Waals surface area contributed by atoms with E-state index in [-0.39, 0.29) is 24.8 Å². The van der Waals surface area contributed by atoms with E-state index < -0.39 is 0 Å². The largest absolute Gasteiger partial charge is 0.469 e. The zero-order chi connectivity index (χ0) is 16.7. The fraction of sp³-hybridized carbons (Fsp3) is 0.312. The summed E-state index contributed by atoms with van der Waals surface area (Å²) in [5.41, 5.74) is 2.57. The number of ether oxygens (including phenoxy) is 1. The molecule has 7 heteroatoms. The van der Waals surface area contributed by atoms with Crippen LogP contribution >= 0.6 is 23.1 Å². The number of aromatic nitrogens is 1. The molecular weight excluding hydrogens is 332 g/mol. The van der Waals surface area contributed by atoms with Crippen LogP contribution in [0.3, 0.4) is 0 Å². The summed E-state index contributed by atoms with van der Waals surface area (Å²) >= 11 is 3.21. The van der Waals surface area contributed by atoms with Crippen LogP contribution in [0, 0.1) is 6.92 Å². The van der Waals surface area contributed by atoms with Gasteiger partial charge in [-0.3, -0.25) is 9.59 Å². The Bertz CT molecular complexity index is 685. The number of rotatable bonds is 7. The van der Waals surface area contributed by atoms with Gasteiger partial charge < -0.3 is 10.1 Å². The lowest BCUT2D eigenvalue weighted by molar-refractivity contribution is -0.140. The van der Waals surface area contributed by atoms with Crippen molar-refractivity contribution in [3.05, 3.63) is 46.5 Å². The predicted octanol–water partition coefficient (Wildman–Crippen LogP) is 3.04. The molecule has 1 heterocycles. The van der Waals surface area contributed by atoms with Crippen LogP contribution in [0.2, 0.25) is 0 Å². The minimum absolute atomic E-state index is 0.164. The van der Waals surface area contributed by atoms with Crippen molar-refractivity contribution in [2.24, 2.45) is 0 Å². The first-order chi connectivity index (χ1) is 11.1.